The van der Waals surface area contributed by atoms with Crippen molar-refractivity contribution in [2.24, 2.45) is 0 Å². The van der Waals surface area contributed by atoms with Crippen LogP contribution in [0.5, 0.6) is 0 Å². The van der Waals surface area contributed by atoms with Crippen LogP contribution in [0.2, 0.25) is 0 Å². The van der Waals surface area contributed by atoms with E-state index in [-0.39, 0.29) is 13.0 Å². The third kappa shape index (κ3) is 4.66. The zero-order valence-corrected chi connectivity index (χ0v) is 12.8. The summed E-state index contributed by atoms with van der Waals surface area (Å²) < 4.78 is 1.51. The van der Waals surface area contributed by atoms with Crippen molar-refractivity contribution >= 4 is 49.5 Å². The molecule has 0 saturated heterocycles. The Balaban J connectivity index is 2.62. The molecule has 1 aromatic rings. The average Bonchev–Trinajstić information content (AvgIpc) is 2.22. The van der Waals surface area contributed by atoms with E-state index in [0.29, 0.717) is 5.69 Å². The van der Waals surface area contributed by atoms with Gasteiger partial charge in [-0.05, 0) is 56.5 Å². The van der Waals surface area contributed by atoms with E-state index in [1.165, 1.54) is 0 Å². The van der Waals surface area contributed by atoms with E-state index in [2.05, 4.69) is 42.5 Å². The average molecular weight is 380 g/mol. The molecule has 0 aliphatic heterocycles. The van der Waals surface area contributed by atoms with E-state index in [9.17, 15) is 9.59 Å². The van der Waals surface area contributed by atoms with Crippen molar-refractivity contribution in [3.8, 4) is 0 Å². The fourth-order valence-electron chi connectivity index (χ4n) is 1.26. The molecule has 3 N–H and O–H groups in total. The largest absolute Gasteiger partial charge is 0.481 e. The number of amides is 2. The van der Waals surface area contributed by atoms with E-state index < -0.39 is 12.0 Å². The van der Waals surface area contributed by atoms with Crippen LogP contribution in [0.3, 0.4) is 0 Å². The van der Waals surface area contributed by atoms with Crippen molar-refractivity contribution in [2.75, 3.05) is 11.9 Å². The standard InChI is InChI=1S/C11H12Br2N2O3/c1-6-4-7(12)10(8(13)5-6)15-11(18)14-3-2-9(16)17/h4-5H,2-3H2,1H3,(H,16,17)(H2,14,15,18). The van der Waals surface area contributed by atoms with Crippen LogP contribution in [0.1, 0.15) is 12.0 Å². The molecule has 0 heterocycles. The number of anilines is 1. The van der Waals surface area contributed by atoms with Crippen molar-refractivity contribution in [3.63, 3.8) is 0 Å². The molecule has 0 atom stereocenters. The van der Waals surface area contributed by atoms with E-state index in [1.54, 1.807) is 0 Å². The molecule has 98 valence electrons. The Kier molecular flexibility index (Phi) is 5.61. The Bertz CT molecular complexity index is 454. The molecule has 18 heavy (non-hydrogen) atoms. The van der Waals surface area contributed by atoms with E-state index in [1.807, 2.05) is 19.1 Å². The summed E-state index contributed by atoms with van der Waals surface area (Å²) in [4.78, 5) is 21.8. The number of halogens is 2. The Morgan fingerprint density at radius 1 is 1.28 bits per heavy atom. The number of hydrogen-bond donors (Lipinski definition) is 3. The Labute approximate surface area is 121 Å². The summed E-state index contributed by atoms with van der Waals surface area (Å²) >= 11 is 6.70. The minimum Gasteiger partial charge on any atom is -0.481 e. The third-order valence-corrected chi connectivity index (χ3v) is 3.30. The van der Waals surface area contributed by atoms with Crippen LogP contribution in [-0.4, -0.2) is 23.7 Å². The monoisotopic (exact) mass is 378 g/mol. The molecule has 0 aliphatic rings. The van der Waals surface area contributed by atoms with Crippen LogP contribution in [0.25, 0.3) is 0 Å². The number of nitrogens with one attached hydrogen (secondary N) is 2. The van der Waals surface area contributed by atoms with Gasteiger partial charge in [0, 0.05) is 15.5 Å². The van der Waals surface area contributed by atoms with Gasteiger partial charge in [-0.2, -0.15) is 0 Å². The number of hydrogen-bond acceptors (Lipinski definition) is 2. The molecule has 0 unspecified atom stereocenters. The lowest BCUT2D eigenvalue weighted by molar-refractivity contribution is -0.136. The first kappa shape index (κ1) is 15.0. The number of rotatable bonds is 4. The predicted molar refractivity (Wildman–Crippen MR) is 75.9 cm³/mol. The summed E-state index contributed by atoms with van der Waals surface area (Å²) in [7, 11) is 0. The summed E-state index contributed by atoms with van der Waals surface area (Å²) in [6.45, 7) is 2.02. The lowest BCUT2D eigenvalue weighted by atomic mass is 10.2. The maximum Gasteiger partial charge on any atom is 0.319 e. The van der Waals surface area contributed by atoms with E-state index >= 15 is 0 Å². The second-order valence-electron chi connectivity index (χ2n) is 3.63. The minimum atomic E-state index is -0.951. The molecule has 7 heteroatoms. The predicted octanol–water partition coefficient (Wildman–Crippen LogP) is 3.12. The molecule has 0 spiro atoms. The molecule has 0 bridgehead atoms. The van der Waals surface area contributed by atoms with Gasteiger partial charge in [-0.1, -0.05) is 0 Å². The second kappa shape index (κ2) is 6.75. The van der Waals surface area contributed by atoms with Crippen LogP contribution >= 0.6 is 31.9 Å². The number of aryl methyl sites for hydroxylation is 1. The van der Waals surface area contributed by atoms with Gasteiger partial charge in [0.2, 0.25) is 0 Å². The Morgan fingerprint density at radius 2 is 1.83 bits per heavy atom. The van der Waals surface area contributed by atoms with Gasteiger partial charge < -0.3 is 15.7 Å². The molecule has 2 amide bonds. The Morgan fingerprint density at radius 3 is 2.33 bits per heavy atom. The summed E-state index contributed by atoms with van der Waals surface area (Å²) in [6.07, 6.45) is -0.107. The zero-order chi connectivity index (χ0) is 13.7. The molecule has 5 nitrogen and oxygen atoms in total. The smallest absolute Gasteiger partial charge is 0.319 e. The highest BCUT2D eigenvalue weighted by Crippen LogP contribution is 2.32. The van der Waals surface area contributed by atoms with Crippen LogP contribution in [0.15, 0.2) is 21.1 Å². The highest BCUT2D eigenvalue weighted by atomic mass is 79.9. The van der Waals surface area contributed by atoms with Crippen molar-refractivity contribution in [1.29, 1.82) is 0 Å². The summed E-state index contributed by atoms with van der Waals surface area (Å²) in [5.74, 6) is -0.951. The van der Waals surface area contributed by atoms with Crippen molar-refractivity contribution < 1.29 is 14.7 Å². The second-order valence-corrected chi connectivity index (χ2v) is 5.34. The highest BCUT2D eigenvalue weighted by molar-refractivity contribution is 9.11. The maximum atomic E-state index is 11.5. The first-order chi connectivity index (χ1) is 8.40. The van der Waals surface area contributed by atoms with Gasteiger partial charge in [0.1, 0.15) is 0 Å². The molecular formula is C11H12Br2N2O3. The van der Waals surface area contributed by atoms with Crippen molar-refractivity contribution in [3.05, 3.63) is 26.6 Å². The number of urea groups is 1. The first-order valence-corrected chi connectivity index (χ1v) is 6.71. The first-order valence-electron chi connectivity index (χ1n) is 5.12. The quantitative estimate of drug-likeness (QED) is 0.751. The van der Waals surface area contributed by atoms with Gasteiger partial charge in [-0.15, -0.1) is 0 Å². The van der Waals surface area contributed by atoms with Crippen molar-refractivity contribution in [2.45, 2.75) is 13.3 Å². The molecule has 0 saturated carbocycles. The van der Waals surface area contributed by atoms with E-state index in [0.717, 1.165) is 14.5 Å². The van der Waals surface area contributed by atoms with Crippen molar-refractivity contribution in [1.82, 2.24) is 5.32 Å². The summed E-state index contributed by atoms with van der Waals surface area (Å²) in [5, 5.41) is 13.5. The van der Waals surface area contributed by atoms with Gasteiger partial charge in [0.25, 0.3) is 0 Å². The van der Waals surface area contributed by atoms with Crippen LogP contribution in [0.4, 0.5) is 10.5 Å². The number of benzene rings is 1. The van der Waals surface area contributed by atoms with Gasteiger partial charge in [-0.25, -0.2) is 4.79 Å². The fourth-order valence-corrected chi connectivity index (χ4v) is 2.87. The Hall–Kier alpha value is -1.08. The molecular weight excluding hydrogens is 368 g/mol. The normalized spacial score (nSPS) is 9.94. The third-order valence-electron chi connectivity index (χ3n) is 2.05. The minimum absolute atomic E-state index is 0.0856. The zero-order valence-electron chi connectivity index (χ0n) is 9.59. The van der Waals surface area contributed by atoms with Gasteiger partial charge in [-0.3, -0.25) is 4.79 Å². The number of aliphatic carboxylic acids is 1. The molecule has 0 radical (unpaired) electrons. The summed E-state index contributed by atoms with van der Waals surface area (Å²) in [6, 6.07) is 3.30. The molecule has 1 aromatic carbocycles. The molecule has 0 aliphatic carbocycles. The molecule has 0 fully saturated rings. The van der Waals surface area contributed by atoms with Crippen LogP contribution in [0, 0.1) is 6.92 Å². The lowest BCUT2D eigenvalue weighted by Crippen LogP contribution is -2.30. The number of carboxylic acid groups (broad SMARTS) is 1. The number of carbonyl (C=O) groups is 2. The SMILES string of the molecule is Cc1cc(Br)c(NC(=O)NCCC(=O)O)c(Br)c1. The van der Waals surface area contributed by atoms with Gasteiger partial charge in [0.15, 0.2) is 0 Å². The number of carbonyl (C=O) groups excluding carboxylic acids is 1. The van der Waals surface area contributed by atoms with Gasteiger partial charge in [0.05, 0.1) is 12.1 Å². The molecule has 1 rings (SSSR count). The fraction of sp³-hybridized carbons (Fsp3) is 0.273. The van der Waals surface area contributed by atoms with Crippen LogP contribution in [-0.2, 0) is 4.79 Å². The number of carboxylic acids is 1. The van der Waals surface area contributed by atoms with Crippen LogP contribution < -0.4 is 10.6 Å². The lowest BCUT2D eigenvalue weighted by Gasteiger charge is -2.11. The molecule has 0 aromatic heterocycles. The maximum absolute atomic E-state index is 11.5. The van der Waals surface area contributed by atoms with E-state index in [4.69, 9.17) is 5.11 Å². The highest BCUT2D eigenvalue weighted by Gasteiger charge is 2.10. The topological polar surface area (TPSA) is 78.4 Å². The summed E-state index contributed by atoms with van der Waals surface area (Å²) in [5.41, 5.74) is 1.65. The van der Waals surface area contributed by atoms with Gasteiger partial charge >= 0.3 is 12.0 Å².